The molecule has 0 fully saturated rings. The fourth-order valence-electron chi connectivity index (χ4n) is 1.63. The summed E-state index contributed by atoms with van der Waals surface area (Å²) in [6.45, 7) is 0.210. The summed E-state index contributed by atoms with van der Waals surface area (Å²) < 4.78 is 31.9. The highest BCUT2D eigenvalue weighted by molar-refractivity contribution is 7.89. The number of rotatable bonds is 7. The Hall–Kier alpha value is -1.96. The molecule has 0 radical (unpaired) electrons. The molecule has 2 rings (SSSR count). The van der Waals surface area contributed by atoms with E-state index in [0.29, 0.717) is 11.4 Å². The van der Waals surface area contributed by atoms with Crippen LogP contribution in [0.1, 0.15) is 5.69 Å². The van der Waals surface area contributed by atoms with Crippen molar-refractivity contribution in [3.8, 4) is 5.75 Å². The number of pyridine rings is 1. The zero-order valence-electron chi connectivity index (χ0n) is 11.3. The summed E-state index contributed by atoms with van der Waals surface area (Å²) in [7, 11) is -3.59. The van der Waals surface area contributed by atoms with Crippen molar-refractivity contribution in [1.82, 2.24) is 9.71 Å². The third kappa shape index (κ3) is 4.52. The number of hydrogen-bond acceptors (Lipinski definition) is 5. The van der Waals surface area contributed by atoms with Gasteiger partial charge in [0.2, 0.25) is 10.0 Å². The van der Waals surface area contributed by atoms with E-state index in [-0.39, 0.29) is 24.7 Å². The van der Waals surface area contributed by atoms with Gasteiger partial charge in [-0.2, -0.15) is 0 Å². The van der Waals surface area contributed by atoms with E-state index in [1.54, 1.807) is 36.5 Å². The second-order valence-corrected chi connectivity index (χ2v) is 5.96. The predicted molar refractivity (Wildman–Crippen MR) is 77.3 cm³/mol. The summed E-state index contributed by atoms with van der Waals surface area (Å²) in [6, 6.07) is 11.3. The number of benzene rings is 1. The highest BCUT2D eigenvalue weighted by Gasteiger charge is 2.13. The molecule has 7 heteroatoms. The van der Waals surface area contributed by atoms with Crippen LogP contribution < -0.4 is 9.46 Å². The average Bonchev–Trinajstić information content (AvgIpc) is 2.52. The van der Waals surface area contributed by atoms with Crippen LogP contribution in [0.15, 0.2) is 53.6 Å². The van der Waals surface area contributed by atoms with Crippen molar-refractivity contribution in [2.24, 2.45) is 0 Å². The van der Waals surface area contributed by atoms with Gasteiger partial charge in [0.25, 0.3) is 0 Å². The molecule has 0 spiro atoms. The van der Waals surface area contributed by atoms with E-state index in [9.17, 15) is 8.42 Å². The fraction of sp³-hybridized carbons (Fsp3) is 0.214. The lowest BCUT2D eigenvalue weighted by molar-refractivity contribution is 0.201. The van der Waals surface area contributed by atoms with Crippen LogP contribution in [-0.4, -0.2) is 31.7 Å². The van der Waals surface area contributed by atoms with E-state index in [0.717, 1.165) is 0 Å². The zero-order chi connectivity index (χ0) is 15.1. The second kappa shape index (κ2) is 7.16. The number of nitrogens with one attached hydrogen (secondary N) is 1. The van der Waals surface area contributed by atoms with Crippen molar-refractivity contribution < 1.29 is 18.3 Å². The standard InChI is InChI=1S/C14H16N2O4S/c17-9-10-20-13-4-6-14(7-5-13)21(18,19)16-11-12-3-1-2-8-15-12/h1-8,16-17H,9-11H2. The van der Waals surface area contributed by atoms with Gasteiger partial charge in [-0.3, -0.25) is 4.98 Å². The van der Waals surface area contributed by atoms with E-state index in [1.165, 1.54) is 12.1 Å². The normalized spacial score (nSPS) is 11.3. The summed E-state index contributed by atoms with van der Waals surface area (Å²) in [4.78, 5) is 4.20. The largest absolute Gasteiger partial charge is 0.491 e. The molecule has 0 aliphatic heterocycles. The molecule has 21 heavy (non-hydrogen) atoms. The summed E-state index contributed by atoms with van der Waals surface area (Å²) in [5.74, 6) is 0.507. The molecule has 1 aromatic carbocycles. The van der Waals surface area contributed by atoms with Crippen LogP contribution in [0.2, 0.25) is 0 Å². The Morgan fingerprint density at radius 1 is 1.14 bits per heavy atom. The molecule has 0 aliphatic carbocycles. The maximum atomic E-state index is 12.1. The Morgan fingerprint density at radius 2 is 1.90 bits per heavy atom. The zero-order valence-corrected chi connectivity index (χ0v) is 12.1. The Balaban J connectivity index is 2.02. The van der Waals surface area contributed by atoms with Crippen LogP contribution in [0.4, 0.5) is 0 Å². The van der Waals surface area contributed by atoms with Crippen LogP contribution in [0.25, 0.3) is 0 Å². The van der Waals surface area contributed by atoms with Gasteiger partial charge in [-0.1, -0.05) is 6.07 Å². The number of ether oxygens (including phenoxy) is 1. The summed E-state index contributed by atoms with van der Waals surface area (Å²) in [5.41, 5.74) is 0.643. The van der Waals surface area contributed by atoms with Gasteiger partial charge in [-0.15, -0.1) is 0 Å². The molecule has 0 saturated carbocycles. The molecule has 0 atom stereocenters. The lowest BCUT2D eigenvalue weighted by Gasteiger charge is -2.08. The first-order valence-corrected chi connectivity index (χ1v) is 7.83. The minimum atomic E-state index is -3.59. The van der Waals surface area contributed by atoms with Crippen LogP contribution in [-0.2, 0) is 16.6 Å². The van der Waals surface area contributed by atoms with Gasteiger partial charge in [-0.05, 0) is 36.4 Å². The molecule has 0 bridgehead atoms. The number of sulfonamides is 1. The van der Waals surface area contributed by atoms with Crippen molar-refractivity contribution in [1.29, 1.82) is 0 Å². The topological polar surface area (TPSA) is 88.5 Å². The average molecular weight is 308 g/mol. The predicted octanol–water partition coefficient (Wildman–Crippen LogP) is 0.931. The van der Waals surface area contributed by atoms with Crippen LogP contribution in [0, 0.1) is 0 Å². The number of nitrogens with zero attached hydrogens (tertiary/aromatic N) is 1. The van der Waals surface area contributed by atoms with Gasteiger partial charge in [0.1, 0.15) is 12.4 Å². The summed E-state index contributed by atoms with van der Waals surface area (Å²) >= 11 is 0. The van der Waals surface area contributed by atoms with Crippen molar-refractivity contribution in [2.75, 3.05) is 13.2 Å². The van der Waals surface area contributed by atoms with Gasteiger partial charge >= 0.3 is 0 Å². The Morgan fingerprint density at radius 3 is 2.52 bits per heavy atom. The maximum absolute atomic E-state index is 12.1. The Kier molecular flexibility index (Phi) is 5.26. The molecule has 2 aromatic rings. The van der Waals surface area contributed by atoms with Crippen molar-refractivity contribution in [3.05, 3.63) is 54.4 Å². The first-order valence-electron chi connectivity index (χ1n) is 6.35. The molecular formula is C14H16N2O4S. The van der Waals surface area contributed by atoms with E-state index in [1.807, 2.05) is 0 Å². The molecular weight excluding hydrogens is 292 g/mol. The molecule has 2 N–H and O–H groups in total. The Bertz CT molecular complexity index is 657. The van der Waals surface area contributed by atoms with Crippen molar-refractivity contribution in [2.45, 2.75) is 11.4 Å². The van der Waals surface area contributed by atoms with E-state index < -0.39 is 10.0 Å². The smallest absolute Gasteiger partial charge is 0.240 e. The SMILES string of the molecule is O=S(=O)(NCc1ccccn1)c1ccc(OCCO)cc1. The minimum absolute atomic E-state index is 0.0916. The maximum Gasteiger partial charge on any atom is 0.240 e. The number of aromatic nitrogens is 1. The molecule has 0 unspecified atom stereocenters. The van der Waals surface area contributed by atoms with Gasteiger partial charge in [0.15, 0.2) is 0 Å². The highest BCUT2D eigenvalue weighted by Crippen LogP contribution is 2.16. The lowest BCUT2D eigenvalue weighted by atomic mass is 10.3. The Labute approximate surface area is 123 Å². The lowest BCUT2D eigenvalue weighted by Crippen LogP contribution is -2.23. The fourth-order valence-corrected chi connectivity index (χ4v) is 2.63. The molecule has 0 amide bonds. The summed E-state index contributed by atoms with van der Waals surface area (Å²) in [6.07, 6.45) is 1.61. The molecule has 1 heterocycles. The van der Waals surface area contributed by atoms with Gasteiger partial charge in [0, 0.05) is 6.20 Å². The molecule has 0 aliphatic rings. The number of aliphatic hydroxyl groups excluding tert-OH is 1. The third-order valence-corrected chi connectivity index (χ3v) is 4.08. The second-order valence-electron chi connectivity index (χ2n) is 4.19. The first-order chi connectivity index (χ1) is 10.1. The van der Waals surface area contributed by atoms with Gasteiger partial charge in [-0.25, -0.2) is 13.1 Å². The van der Waals surface area contributed by atoms with Crippen LogP contribution in [0.5, 0.6) is 5.75 Å². The van der Waals surface area contributed by atoms with Crippen molar-refractivity contribution in [3.63, 3.8) is 0 Å². The van der Waals surface area contributed by atoms with Crippen LogP contribution in [0.3, 0.4) is 0 Å². The molecule has 6 nitrogen and oxygen atoms in total. The van der Waals surface area contributed by atoms with Crippen molar-refractivity contribution >= 4 is 10.0 Å². The molecule has 1 aromatic heterocycles. The number of hydrogen-bond donors (Lipinski definition) is 2. The quantitative estimate of drug-likeness (QED) is 0.794. The van der Waals surface area contributed by atoms with E-state index >= 15 is 0 Å². The monoisotopic (exact) mass is 308 g/mol. The first kappa shape index (κ1) is 15.4. The van der Waals surface area contributed by atoms with E-state index in [4.69, 9.17) is 9.84 Å². The highest BCUT2D eigenvalue weighted by atomic mass is 32.2. The van der Waals surface area contributed by atoms with Crippen LogP contribution >= 0.6 is 0 Å². The summed E-state index contributed by atoms with van der Waals surface area (Å²) in [5, 5.41) is 8.65. The molecule has 112 valence electrons. The molecule has 0 saturated heterocycles. The number of aliphatic hydroxyl groups is 1. The minimum Gasteiger partial charge on any atom is -0.491 e. The third-order valence-electron chi connectivity index (χ3n) is 2.66. The van der Waals surface area contributed by atoms with Gasteiger partial charge in [0.05, 0.1) is 23.7 Å². The van der Waals surface area contributed by atoms with Gasteiger partial charge < -0.3 is 9.84 Å². The van der Waals surface area contributed by atoms with E-state index in [2.05, 4.69) is 9.71 Å².